The van der Waals surface area contributed by atoms with E-state index in [-0.39, 0.29) is 0 Å². The third-order valence-corrected chi connectivity index (χ3v) is 1.30. The number of hydrogen-bond donors (Lipinski definition) is 0. The maximum Gasteiger partial charge on any atom is 0.0986 e. The monoisotopic (exact) mass is 131 g/mol. The summed E-state index contributed by atoms with van der Waals surface area (Å²) < 4.78 is 4.97. The van der Waals surface area contributed by atoms with Crippen LogP contribution in [0.15, 0.2) is 0 Å². The summed E-state index contributed by atoms with van der Waals surface area (Å²) in [6.07, 6.45) is 1.21. The van der Waals surface area contributed by atoms with Gasteiger partial charge in [-0.25, -0.2) is 0 Å². The maximum atomic E-state index is 4.97. The lowest BCUT2D eigenvalue weighted by atomic mass is 10.4. The molecule has 0 aromatic carbocycles. The molecule has 0 unspecified atom stereocenters. The number of rotatable bonds is 5. The molecule has 0 aromatic heterocycles. The quantitative estimate of drug-likeness (QED) is 0.522. The Kier molecular flexibility index (Phi) is 5.99. The Morgan fingerprint density at radius 1 is 1.33 bits per heavy atom. The highest BCUT2D eigenvalue weighted by atomic mass is 16.5. The van der Waals surface area contributed by atoms with E-state index in [1.165, 1.54) is 6.42 Å². The first-order valence-electron chi connectivity index (χ1n) is 3.56. The summed E-state index contributed by atoms with van der Waals surface area (Å²) in [5.41, 5.74) is 0. The van der Waals surface area contributed by atoms with Gasteiger partial charge in [-0.3, -0.25) is 4.90 Å². The summed E-state index contributed by atoms with van der Waals surface area (Å²) in [5.74, 6) is 0. The molecular formula is C7H17NO. The van der Waals surface area contributed by atoms with Gasteiger partial charge >= 0.3 is 0 Å². The van der Waals surface area contributed by atoms with Crippen molar-refractivity contribution < 1.29 is 4.74 Å². The first-order valence-corrected chi connectivity index (χ1v) is 3.56. The van der Waals surface area contributed by atoms with Crippen molar-refractivity contribution in [2.45, 2.75) is 20.3 Å². The van der Waals surface area contributed by atoms with Crippen molar-refractivity contribution in [2.24, 2.45) is 0 Å². The topological polar surface area (TPSA) is 12.5 Å². The van der Waals surface area contributed by atoms with Gasteiger partial charge in [0.25, 0.3) is 0 Å². The zero-order valence-corrected chi connectivity index (χ0v) is 6.68. The summed E-state index contributed by atoms with van der Waals surface area (Å²) >= 11 is 0. The Hall–Kier alpha value is -0.0800. The van der Waals surface area contributed by atoms with Gasteiger partial charge in [0.1, 0.15) is 0 Å². The maximum absolute atomic E-state index is 4.97. The first kappa shape index (κ1) is 8.92. The normalized spacial score (nSPS) is 10.7. The van der Waals surface area contributed by atoms with Gasteiger partial charge < -0.3 is 4.74 Å². The lowest BCUT2D eigenvalue weighted by Crippen LogP contribution is -2.26. The van der Waals surface area contributed by atoms with Crippen LogP contribution in [0.25, 0.3) is 0 Å². The Morgan fingerprint density at radius 2 is 2.00 bits per heavy atom. The zero-order chi connectivity index (χ0) is 7.11. The predicted octanol–water partition coefficient (Wildman–Crippen LogP) is 1.32. The van der Waals surface area contributed by atoms with Gasteiger partial charge in [-0.1, -0.05) is 13.8 Å². The number of nitrogens with zero attached hydrogens (tertiary/aromatic N) is 1. The fourth-order valence-electron chi connectivity index (χ4n) is 0.813. The summed E-state index contributed by atoms with van der Waals surface area (Å²) in [4.78, 5) is 2.26. The highest BCUT2D eigenvalue weighted by Gasteiger charge is 1.96. The van der Waals surface area contributed by atoms with Crippen molar-refractivity contribution >= 4 is 0 Å². The fraction of sp³-hybridized carbons (Fsp3) is 1.00. The van der Waals surface area contributed by atoms with Crippen LogP contribution in [0.1, 0.15) is 20.3 Å². The number of ether oxygens (including phenoxy) is 1. The number of methoxy groups -OCH3 is 1. The van der Waals surface area contributed by atoms with Gasteiger partial charge in [-0.2, -0.15) is 0 Å². The van der Waals surface area contributed by atoms with Crippen LogP contribution in [-0.4, -0.2) is 31.8 Å². The minimum absolute atomic E-state index is 0.768. The molecule has 2 nitrogen and oxygen atoms in total. The molecule has 0 aliphatic heterocycles. The Morgan fingerprint density at radius 3 is 2.33 bits per heavy atom. The molecule has 0 aliphatic rings. The molecule has 0 atom stereocenters. The fourth-order valence-corrected chi connectivity index (χ4v) is 0.813. The third kappa shape index (κ3) is 4.43. The van der Waals surface area contributed by atoms with E-state index in [4.69, 9.17) is 4.74 Å². The van der Waals surface area contributed by atoms with E-state index < -0.39 is 0 Å². The molecule has 0 aliphatic carbocycles. The molecule has 0 bridgehead atoms. The summed E-state index contributed by atoms with van der Waals surface area (Å²) in [7, 11) is 1.73. The molecule has 9 heavy (non-hydrogen) atoms. The second-order valence-corrected chi connectivity index (χ2v) is 2.13. The highest BCUT2D eigenvalue weighted by molar-refractivity contribution is 4.45. The second kappa shape index (κ2) is 6.05. The Balaban J connectivity index is 3.18. The van der Waals surface area contributed by atoms with E-state index in [0.29, 0.717) is 0 Å². The minimum Gasteiger partial charge on any atom is -0.369 e. The highest BCUT2D eigenvalue weighted by Crippen LogP contribution is 1.88. The zero-order valence-electron chi connectivity index (χ0n) is 6.68. The van der Waals surface area contributed by atoms with Crippen LogP contribution in [0, 0.1) is 0 Å². The van der Waals surface area contributed by atoms with Crippen LogP contribution in [0.5, 0.6) is 0 Å². The average molecular weight is 131 g/mol. The smallest absolute Gasteiger partial charge is 0.0986 e. The molecule has 56 valence electrons. The SMILES string of the molecule is CCCN(CC)COC. The Bertz CT molecular complexity index is 50.9. The molecular weight excluding hydrogens is 114 g/mol. The molecule has 0 aromatic rings. The standard InChI is InChI=1S/C7H17NO/c1-4-6-8(5-2)7-9-3/h4-7H2,1-3H3. The van der Waals surface area contributed by atoms with Crippen molar-refractivity contribution in [3.63, 3.8) is 0 Å². The third-order valence-electron chi connectivity index (χ3n) is 1.30. The van der Waals surface area contributed by atoms with E-state index in [1.807, 2.05) is 0 Å². The van der Waals surface area contributed by atoms with Crippen molar-refractivity contribution in [1.29, 1.82) is 0 Å². The van der Waals surface area contributed by atoms with Gasteiger partial charge in [-0.15, -0.1) is 0 Å². The molecule has 2 heteroatoms. The van der Waals surface area contributed by atoms with Crippen LogP contribution < -0.4 is 0 Å². The van der Waals surface area contributed by atoms with E-state index in [0.717, 1.165) is 19.8 Å². The molecule has 0 spiro atoms. The summed E-state index contributed by atoms with van der Waals surface area (Å²) in [5, 5.41) is 0. The van der Waals surface area contributed by atoms with Gasteiger partial charge in [0, 0.05) is 13.7 Å². The van der Waals surface area contributed by atoms with Gasteiger partial charge in [0.05, 0.1) is 6.73 Å². The lowest BCUT2D eigenvalue weighted by molar-refractivity contribution is 0.0671. The van der Waals surface area contributed by atoms with E-state index in [9.17, 15) is 0 Å². The van der Waals surface area contributed by atoms with E-state index in [2.05, 4.69) is 18.7 Å². The molecule has 0 N–H and O–H groups in total. The lowest BCUT2D eigenvalue weighted by Gasteiger charge is -2.17. The average Bonchev–Trinajstić information content (AvgIpc) is 1.88. The molecule has 0 heterocycles. The first-order chi connectivity index (χ1) is 4.35. The van der Waals surface area contributed by atoms with Gasteiger partial charge in [0.2, 0.25) is 0 Å². The molecule has 0 fully saturated rings. The molecule has 0 radical (unpaired) electrons. The van der Waals surface area contributed by atoms with Crippen molar-refractivity contribution in [1.82, 2.24) is 4.90 Å². The summed E-state index contributed by atoms with van der Waals surface area (Å²) in [6, 6.07) is 0. The predicted molar refractivity (Wildman–Crippen MR) is 39.4 cm³/mol. The number of hydrogen-bond acceptors (Lipinski definition) is 2. The largest absolute Gasteiger partial charge is 0.369 e. The van der Waals surface area contributed by atoms with Gasteiger partial charge in [-0.05, 0) is 13.0 Å². The second-order valence-electron chi connectivity index (χ2n) is 2.13. The van der Waals surface area contributed by atoms with Crippen LogP contribution in [0.2, 0.25) is 0 Å². The van der Waals surface area contributed by atoms with Crippen molar-refractivity contribution in [2.75, 3.05) is 26.9 Å². The van der Waals surface area contributed by atoms with E-state index in [1.54, 1.807) is 7.11 Å². The minimum atomic E-state index is 0.768. The van der Waals surface area contributed by atoms with Gasteiger partial charge in [0.15, 0.2) is 0 Å². The van der Waals surface area contributed by atoms with Crippen LogP contribution in [0.3, 0.4) is 0 Å². The summed E-state index contributed by atoms with van der Waals surface area (Å²) in [6.45, 7) is 7.32. The van der Waals surface area contributed by atoms with Crippen molar-refractivity contribution in [3.05, 3.63) is 0 Å². The molecule has 0 saturated carbocycles. The molecule has 0 rings (SSSR count). The molecule has 0 amide bonds. The van der Waals surface area contributed by atoms with Crippen molar-refractivity contribution in [3.8, 4) is 0 Å². The molecule has 0 saturated heterocycles. The Labute approximate surface area is 57.8 Å². The van der Waals surface area contributed by atoms with E-state index >= 15 is 0 Å². The van der Waals surface area contributed by atoms with Crippen LogP contribution in [-0.2, 0) is 4.74 Å². The van der Waals surface area contributed by atoms with Crippen LogP contribution in [0.4, 0.5) is 0 Å². The van der Waals surface area contributed by atoms with Crippen LogP contribution >= 0.6 is 0 Å².